The van der Waals surface area contributed by atoms with Crippen molar-refractivity contribution in [3.05, 3.63) is 59.7 Å². The van der Waals surface area contributed by atoms with E-state index < -0.39 is 0 Å². The lowest BCUT2D eigenvalue weighted by Gasteiger charge is -2.19. The van der Waals surface area contributed by atoms with Gasteiger partial charge in [0.2, 0.25) is 0 Å². The Morgan fingerprint density at radius 3 is 2.44 bits per heavy atom. The van der Waals surface area contributed by atoms with Gasteiger partial charge < -0.3 is 10.6 Å². The number of nitrogens with zero attached hydrogens (tertiary/aromatic N) is 1. The summed E-state index contributed by atoms with van der Waals surface area (Å²) < 4.78 is 0. The summed E-state index contributed by atoms with van der Waals surface area (Å²) in [5.41, 5.74) is 10.8. The van der Waals surface area contributed by atoms with Crippen LogP contribution in [0.3, 0.4) is 0 Å². The molecule has 2 aromatic rings. The Kier molecular flexibility index (Phi) is 3.90. The highest BCUT2D eigenvalue weighted by atomic mass is 35.5. The predicted molar refractivity (Wildman–Crippen MR) is 78.7 cm³/mol. The molecule has 0 saturated heterocycles. The second-order valence-corrected chi connectivity index (χ2v) is 4.40. The molecule has 18 heavy (non-hydrogen) atoms. The number of para-hydroxylation sites is 1. The molecular weight excluding hydrogens is 244 g/mol. The Hall–Kier alpha value is -1.51. The number of halogens is 1. The number of anilines is 2. The fourth-order valence-electron chi connectivity index (χ4n) is 2.42. The smallest absolute Gasteiger partial charge is 0.0444 e. The van der Waals surface area contributed by atoms with Crippen LogP contribution in [0.2, 0.25) is 0 Å². The minimum atomic E-state index is 0. The van der Waals surface area contributed by atoms with Crippen molar-refractivity contribution in [1.29, 1.82) is 0 Å². The molecule has 0 spiro atoms. The molecule has 2 aromatic carbocycles. The van der Waals surface area contributed by atoms with Crippen LogP contribution in [0.4, 0.5) is 11.4 Å². The molecule has 0 aliphatic carbocycles. The molecule has 2 nitrogen and oxygen atoms in total. The Morgan fingerprint density at radius 1 is 1.00 bits per heavy atom. The van der Waals surface area contributed by atoms with Gasteiger partial charge in [-0.05, 0) is 35.7 Å². The van der Waals surface area contributed by atoms with E-state index in [0.29, 0.717) is 6.54 Å². The summed E-state index contributed by atoms with van der Waals surface area (Å²) in [4.78, 5) is 2.37. The second kappa shape index (κ2) is 5.42. The van der Waals surface area contributed by atoms with Gasteiger partial charge in [-0.3, -0.25) is 0 Å². The largest absolute Gasteiger partial charge is 0.341 e. The molecule has 0 amide bonds. The topological polar surface area (TPSA) is 29.3 Å². The number of hydrogen-bond donors (Lipinski definition) is 1. The maximum atomic E-state index is 5.62. The fourth-order valence-corrected chi connectivity index (χ4v) is 2.42. The molecule has 1 aliphatic heterocycles. The number of benzene rings is 2. The van der Waals surface area contributed by atoms with Crippen LogP contribution in [0.5, 0.6) is 0 Å². The van der Waals surface area contributed by atoms with Gasteiger partial charge in [0.25, 0.3) is 0 Å². The van der Waals surface area contributed by atoms with E-state index in [1.807, 2.05) is 0 Å². The lowest BCUT2D eigenvalue weighted by Crippen LogP contribution is -2.13. The lowest BCUT2D eigenvalue weighted by molar-refractivity contribution is 0.995. The van der Waals surface area contributed by atoms with E-state index in [-0.39, 0.29) is 12.4 Å². The van der Waals surface area contributed by atoms with Gasteiger partial charge in [0.15, 0.2) is 0 Å². The normalized spacial score (nSPS) is 13.1. The third-order valence-corrected chi connectivity index (χ3v) is 3.37. The maximum absolute atomic E-state index is 5.62. The Bertz CT molecular complexity index is 522. The quantitative estimate of drug-likeness (QED) is 0.898. The van der Waals surface area contributed by atoms with Crippen LogP contribution in [0.1, 0.15) is 11.1 Å². The van der Waals surface area contributed by atoms with E-state index in [2.05, 4.69) is 53.4 Å². The number of rotatable bonds is 2. The maximum Gasteiger partial charge on any atom is 0.0444 e. The van der Waals surface area contributed by atoms with E-state index in [1.54, 1.807) is 0 Å². The van der Waals surface area contributed by atoms with Gasteiger partial charge in [-0.15, -0.1) is 12.4 Å². The van der Waals surface area contributed by atoms with Crippen molar-refractivity contribution in [3.63, 3.8) is 0 Å². The predicted octanol–water partition coefficient (Wildman–Crippen LogP) is 3.26. The Balaban J connectivity index is 0.00000120. The van der Waals surface area contributed by atoms with Crippen molar-refractivity contribution in [3.8, 4) is 0 Å². The minimum Gasteiger partial charge on any atom is -0.341 e. The molecule has 2 N–H and O–H groups in total. The molecule has 1 aliphatic rings. The first-order valence-corrected chi connectivity index (χ1v) is 6.03. The number of nitrogens with two attached hydrogens (primary N) is 1. The number of fused-ring (bicyclic) bond motifs is 1. The van der Waals surface area contributed by atoms with Gasteiger partial charge in [-0.2, -0.15) is 0 Å². The molecule has 0 unspecified atom stereocenters. The lowest BCUT2D eigenvalue weighted by atomic mass is 10.1. The van der Waals surface area contributed by atoms with E-state index in [0.717, 1.165) is 13.0 Å². The average molecular weight is 261 g/mol. The molecule has 0 aromatic heterocycles. The first-order chi connectivity index (χ1) is 8.38. The zero-order valence-corrected chi connectivity index (χ0v) is 11.0. The van der Waals surface area contributed by atoms with Crippen molar-refractivity contribution in [1.82, 2.24) is 0 Å². The molecule has 1 heterocycles. The van der Waals surface area contributed by atoms with Gasteiger partial charge in [0, 0.05) is 24.5 Å². The second-order valence-electron chi connectivity index (χ2n) is 4.40. The van der Waals surface area contributed by atoms with E-state index in [9.17, 15) is 0 Å². The Morgan fingerprint density at radius 2 is 1.72 bits per heavy atom. The van der Waals surface area contributed by atoms with Crippen LogP contribution in [0, 0.1) is 0 Å². The van der Waals surface area contributed by atoms with Crippen molar-refractivity contribution >= 4 is 23.8 Å². The van der Waals surface area contributed by atoms with Crippen LogP contribution < -0.4 is 10.6 Å². The monoisotopic (exact) mass is 260 g/mol. The summed E-state index contributed by atoms with van der Waals surface area (Å²) in [5, 5.41) is 0. The minimum absolute atomic E-state index is 0. The van der Waals surface area contributed by atoms with Crippen molar-refractivity contribution in [2.24, 2.45) is 5.73 Å². The van der Waals surface area contributed by atoms with E-state index in [4.69, 9.17) is 5.73 Å². The summed E-state index contributed by atoms with van der Waals surface area (Å²) in [6.45, 7) is 1.68. The summed E-state index contributed by atoms with van der Waals surface area (Å²) in [6.07, 6.45) is 1.13. The zero-order chi connectivity index (χ0) is 11.7. The van der Waals surface area contributed by atoms with Gasteiger partial charge in [-0.1, -0.05) is 30.3 Å². The van der Waals surface area contributed by atoms with E-state index in [1.165, 1.54) is 22.5 Å². The SMILES string of the molecule is Cl.NCc1ccc(N2CCc3ccccc32)cc1. The van der Waals surface area contributed by atoms with Crippen LogP contribution in [-0.4, -0.2) is 6.54 Å². The molecule has 3 heteroatoms. The molecule has 3 rings (SSSR count). The van der Waals surface area contributed by atoms with Gasteiger partial charge in [0.1, 0.15) is 0 Å². The van der Waals surface area contributed by atoms with Crippen LogP contribution in [0.15, 0.2) is 48.5 Å². The van der Waals surface area contributed by atoms with Gasteiger partial charge in [0.05, 0.1) is 0 Å². The highest BCUT2D eigenvalue weighted by molar-refractivity contribution is 5.85. The van der Waals surface area contributed by atoms with Crippen LogP contribution in [0.25, 0.3) is 0 Å². The van der Waals surface area contributed by atoms with Crippen molar-refractivity contribution in [2.45, 2.75) is 13.0 Å². The average Bonchev–Trinajstić information content (AvgIpc) is 2.83. The van der Waals surface area contributed by atoms with E-state index >= 15 is 0 Å². The third-order valence-electron chi connectivity index (χ3n) is 3.37. The zero-order valence-electron chi connectivity index (χ0n) is 10.2. The fraction of sp³-hybridized carbons (Fsp3) is 0.200. The summed E-state index contributed by atoms with van der Waals surface area (Å²) >= 11 is 0. The van der Waals surface area contributed by atoms with Gasteiger partial charge >= 0.3 is 0 Å². The van der Waals surface area contributed by atoms with Crippen LogP contribution >= 0.6 is 12.4 Å². The molecule has 0 saturated carbocycles. The summed E-state index contributed by atoms with van der Waals surface area (Å²) in [7, 11) is 0. The highest BCUT2D eigenvalue weighted by Crippen LogP contribution is 2.34. The summed E-state index contributed by atoms with van der Waals surface area (Å²) in [6, 6.07) is 17.1. The standard InChI is InChI=1S/C15H16N2.ClH/c16-11-12-5-7-14(8-6-12)17-10-9-13-3-1-2-4-15(13)17;/h1-8H,9-11,16H2;1H. The first-order valence-electron chi connectivity index (χ1n) is 6.03. The number of hydrogen-bond acceptors (Lipinski definition) is 2. The molecule has 0 atom stereocenters. The Labute approximate surface area is 114 Å². The summed E-state index contributed by atoms with van der Waals surface area (Å²) in [5.74, 6) is 0. The molecule has 0 bridgehead atoms. The first kappa shape index (κ1) is 12.9. The highest BCUT2D eigenvalue weighted by Gasteiger charge is 2.19. The molecule has 0 fully saturated rings. The molecular formula is C15H17ClN2. The van der Waals surface area contributed by atoms with Gasteiger partial charge in [-0.25, -0.2) is 0 Å². The van der Waals surface area contributed by atoms with Crippen LogP contribution in [-0.2, 0) is 13.0 Å². The molecule has 0 radical (unpaired) electrons. The third kappa shape index (κ3) is 2.22. The van der Waals surface area contributed by atoms with Crippen molar-refractivity contribution < 1.29 is 0 Å². The molecule has 94 valence electrons. The van der Waals surface area contributed by atoms with Crippen molar-refractivity contribution in [2.75, 3.05) is 11.4 Å².